The summed E-state index contributed by atoms with van der Waals surface area (Å²) in [5.41, 5.74) is 2.61. The second-order valence-corrected chi connectivity index (χ2v) is 8.00. The van der Waals surface area contributed by atoms with Crippen molar-refractivity contribution in [2.45, 2.75) is 50.5 Å². The lowest BCUT2D eigenvalue weighted by molar-refractivity contribution is -0.116. The number of nitrogens with one attached hydrogen (secondary N) is 1. The molecule has 0 saturated heterocycles. The van der Waals surface area contributed by atoms with Gasteiger partial charge in [0, 0.05) is 18.7 Å². The van der Waals surface area contributed by atoms with Crippen LogP contribution in [-0.4, -0.2) is 31.7 Å². The maximum Gasteiger partial charge on any atom is 0.257 e. The third-order valence-electron chi connectivity index (χ3n) is 4.86. The molecule has 130 valence electrons. The number of anilines is 1. The lowest BCUT2D eigenvalue weighted by Gasteiger charge is -2.26. The summed E-state index contributed by atoms with van der Waals surface area (Å²) in [7, 11) is -3.66. The van der Waals surface area contributed by atoms with E-state index in [1.165, 1.54) is 10.4 Å². The average Bonchev–Trinajstić information content (AvgIpc) is 2.90. The van der Waals surface area contributed by atoms with Crippen LogP contribution in [0, 0.1) is 4.91 Å². The predicted octanol–water partition coefficient (Wildman–Crippen LogP) is 2.36. The van der Waals surface area contributed by atoms with E-state index in [0.717, 1.165) is 24.0 Å². The number of amides is 1. The van der Waals surface area contributed by atoms with Crippen molar-refractivity contribution in [3.63, 3.8) is 0 Å². The number of benzene rings is 1. The first-order valence-corrected chi connectivity index (χ1v) is 9.71. The lowest BCUT2D eigenvalue weighted by Crippen LogP contribution is -2.32. The van der Waals surface area contributed by atoms with Crippen LogP contribution in [0.1, 0.15) is 49.4 Å². The molecule has 1 atom stereocenters. The number of hydrogen-bond acceptors (Lipinski definition) is 5. The van der Waals surface area contributed by atoms with Crippen LogP contribution in [0.3, 0.4) is 0 Å². The molecule has 1 N–H and O–H groups in total. The van der Waals surface area contributed by atoms with Crippen molar-refractivity contribution in [2.24, 2.45) is 5.18 Å². The Kier molecular flexibility index (Phi) is 4.44. The molecule has 7 nitrogen and oxygen atoms in total. The van der Waals surface area contributed by atoms with E-state index in [0.29, 0.717) is 37.2 Å². The Bertz CT molecular complexity index is 800. The standard InChI is InChI=1S/C16H21N3O4S/c1-3-19(4-2)24(22,23)13-9-12-14(17-16(20)15(12)18-21)11-8-6-5-7-10(11)13/h9,15H,3-8H2,1-2H3,(H,17,20). The van der Waals surface area contributed by atoms with E-state index < -0.39 is 22.0 Å². The van der Waals surface area contributed by atoms with Gasteiger partial charge < -0.3 is 5.32 Å². The minimum atomic E-state index is -3.66. The van der Waals surface area contributed by atoms with Gasteiger partial charge in [-0.3, -0.25) is 4.79 Å². The molecule has 0 radical (unpaired) electrons. The van der Waals surface area contributed by atoms with E-state index in [1.54, 1.807) is 13.8 Å². The van der Waals surface area contributed by atoms with E-state index in [4.69, 9.17) is 0 Å². The zero-order chi connectivity index (χ0) is 17.5. The first kappa shape index (κ1) is 17.0. The quantitative estimate of drug-likeness (QED) is 0.824. The van der Waals surface area contributed by atoms with E-state index in [9.17, 15) is 18.1 Å². The highest BCUT2D eigenvalue weighted by Gasteiger charge is 2.38. The van der Waals surface area contributed by atoms with Gasteiger partial charge in [-0.25, -0.2) is 8.42 Å². The van der Waals surface area contributed by atoms with E-state index in [-0.39, 0.29) is 4.90 Å². The van der Waals surface area contributed by atoms with E-state index in [1.807, 2.05) is 0 Å². The molecule has 3 rings (SSSR count). The van der Waals surface area contributed by atoms with Gasteiger partial charge in [-0.05, 0) is 42.9 Å². The first-order chi connectivity index (χ1) is 11.5. The fourth-order valence-corrected chi connectivity index (χ4v) is 5.43. The van der Waals surface area contributed by atoms with Crippen LogP contribution < -0.4 is 5.32 Å². The fraction of sp³-hybridized carbons (Fsp3) is 0.562. The summed E-state index contributed by atoms with van der Waals surface area (Å²) >= 11 is 0. The number of fused-ring (bicyclic) bond motifs is 3. The Balaban J connectivity index is 2.27. The summed E-state index contributed by atoms with van der Waals surface area (Å²) in [6, 6.07) is 0.315. The molecule has 1 heterocycles. The maximum atomic E-state index is 13.1. The Morgan fingerprint density at radius 1 is 1.21 bits per heavy atom. The monoisotopic (exact) mass is 351 g/mol. The second-order valence-electron chi connectivity index (χ2n) is 6.09. The van der Waals surface area contributed by atoms with Crippen LogP contribution in [0.2, 0.25) is 0 Å². The molecule has 1 aliphatic heterocycles. The molecule has 2 aliphatic rings. The van der Waals surface area contributed by atoms with Gasteiger partial charge >= 0.3 is 0 Å². The fourth-order valence-electron chi connectivity index (χ4n) is 3.66. The number of rotatable bonds is 5. The Morgan fingerprint density at radius 3 is 2.42 bits per heavy atom. The number of carbonyl (C=O) groups is 1. The third kappa shape index (κ3) is 2.44. The highest BCUT2D eigenvalue weighted by molar-refractivity contribution is 7.89. The number of hydrogen-bond donors (Lipinski definition) is 1. The van der Waals surface area contributed by atoms with Gasteiger partial charge in [0.15, 0.2) is 6.04 Å². The topological polar surface area (TPSA) is 95.9 Å². The molecule has 1 unspecified atom stereocenters. The largest absolute Gasteiger partial charge is 0.323 e. The normalized spacial score (nSPS) is 19.8. The molecule has 0 bridgehead atoms. The summed E-state index contributed by atoms with van der Waals surface area (Å²) in [6.07, 6.45) is 3.21. The molecule has 1 aliphatic carbocycles. The van der Waals surface area contributed by atoms with Gasteiger partial charge in [0.25, 0.3) is 5.91 Å². The Labute approximate surface area is 141 Å². The maximum absolute atomic E-state index is 13.1. The van der Waals surface area contributed by atoms with E-state index >= 15 is 0 Å². The average molecular weight is 351 g/mol. The van der Waals surface area contributed by atoms with Crippen molar-refractivity contribution in [1.82, 2.24) is 4.31 Å². The lowest BCUT2D eigenvalue weighted by atomic mass is 9.88. The van der Waals surface area contributed by atoms with Crippen molar-refractivity contribution >= 4 is 21.6 Å². The number of carbonyl (C=O) groups excluding carboxylic acids is 1. The smallest absolute Gasteiger partial charge is 0.257 e. The molecule has 8 heteroatoms. The van der Waals surface area contributed by atoms with Gasteiger partial charge in [-0.1, -0.05) is 19.0 Å². The number of sulfonamides is 1. The van der Waals surface area contributed by atoms with Gasteiger partial charge in [0.1, 0.15) is 0 Å². The highest BCUT2D eigenvalue weighted by Crippen LogP contribution is 2.43. The first-order valence-electron chi connectivity index (χ1n) is 8.27. The molecule has 0 aromatic heterocycles. The summed E-state index contributed by atoms with van der Waals surface area (Å²) in [4.78, 5) is 23.3. The molecular formula is C16H21N3O4S. The van der Waals surface area contributed by atoms with Crippen molar-refractivity contribution in [3.8, 4) is 0 Å². The van der Waals surface area contributed by atoms with Gasteiger partial charge in [-0.15, -0.1) is 4.91 Å². The molecule has 0 spiro atoms. The van der Waals surface area contributed by atoms with Crippen LogP contribution in [0.4, 0.5) is 5.69 Å². The van der Waals surface area contributed by atoms with Gasteiger partial charge in [0.05, 0.1) is 10.6 Å². The molecule has 1 amide bonds. The number of nitrogens with zero attached hydrogens (tertiary/aromatic N) is 2. The van der Waals surface area contributed by atoms with Crippen molar-refractivity contribution in [1.29, 1.82) is 0 Å². The van der Waals surface area contributed by atoms with Crippen LogP contribution in [0.25, 0.3) is 0 Å². The minimum absolute atomic E-state index is 0.227. The second kappa shape index (κ2) is 6.25. The van der Waals surface area contributed by atoms with Crippen LogP contribution >= 0.6 is 0 Å². The minimum Gasteiger partial charge on any atom is -0.323 e. The molecule has 1 aromatic rings. The summed E-state index contributed by atoms with van der Waals surface area (Å²) in [5.74, 6) is -0.481. The molecule has 24 heavy (non-hydrogen) atoms. The van der Waals surface area contributed by atoms with Gasteiger partial charge in [-0.2, -0.15) is 4.31 Å². The van der Waals surface area contributed by atoms with Crippen molar-refractivity contribution in [2.75, 3.05) is 18.4 Å². The predicted molar refractivity (Wildman–Crippen MR) is 90.4 cm³/mol. The van der Waals surface area contributed by atoms with Crippen LogP contribution in [-0.2, 0) is 27.7 Å². The van der Waals surface area contributed by atoms with Crippen LogP contribution in [0.15, 0.2) is 16.1 Å². The van der Waals surface area contributed by atoms with Crippen molar-refractivity contribution in [3.05, 3.63) is 27.7 Å². The van der Waals surface area contributed by atoms with Crippen LogP contribution in [0.5, 0.6) is 0 Å². The zero-order valence-corrected chi connectivity index (χ0v) is 14.6. The highest BCUT2D eigenvalue weighted by atomic mass is 32.2. The molecular weight excluding hydrogens is 330 g/mol. The third-order valence-corrected chi connectivity index (χ3v) is 6.98. The molecule has 0 fully saturated rings. The Hall–Kier alpha value is -1.80. The Morgan fingerprint density at radius 2 is 1.83 bits per heavy atom. The summed E-state index contributed by atoms with van der Waals surface area (Å²) in [6.45, 7) is 4.33. The number of nitroso groups, excluding NO2 is 1. The van der Waals surface area contributed by atoms with Gasteiger partial charge in [0.2, 0.25) is 10.0 Å². The van der Waals surface area contributed by atoms with E-state index in [2.05, 4.69) is 10.5 Å². The zero-order valence-electron chi connectivity index (χ0n) is 13.8. The van der Waals surface area contributed by atoms with Crippen molar-refractivity contribution < 1.29 is 13.2 Å². The molecule has 0 saturated carbocycles. The summed E-state index contributed by atoms with van der Waals surface area (Å²) in [5, 5.41) is 5.62. The summed E-state index contributed by atoms with van der Waals surface area (Å²) < 4.78 is 27.5. The molecule has 1 aromatic carbocycles. The SMILES string of the molecule is CCN(CC)S(=O)(=O)c1cc2c(c3c1CCCC3)NC(=O)C2N=O.